The lowest BCUT2D eigenvalue weighted by Gasteiger charge is -2.27. The molecule has 0 aliphatic carbocycles. The SMILES string of the molecule is C[NH+]1CCN(/N=C\c2cnn(-c3ccccc3)c2)CC1. The van der Waals surface area contributed by atoms with Gasteiger partial charge >= 0.3 is 0 Å². The molecule has 0 unspecified atom stereocenters. The van der Waals surface area contributed by atoms with Crippen LogP contribution in [0.15, 0.2) is 47.8 Å². The zero-order valence-electron chi connectivity index (χ0n) is 11.7. The number of nitrogens with zero attached hydrogens (tertiary/aromatic N) is 4. The second-order valence-corrected chi connectivity index (χ2v) is 5.21. The van der Waals surface area contributed by atoms with Crippen LogP contribution in [0.25, 0.3) is 5.69 Å². The van der Waals surface area contributed by atoms with Gasteiger partial charge in [-0.15, -0.1) is 0 Å². The van der Waals surface area contributed by atoms with E-state index in [0.717, 1.165) is 37.4 Å². The number of likely N-dealkylation sites (N-methyl/N-ethyl adjacent to an activating group) is 1. The average molecular weight is 270 g/mol. The van der Waals surface area contributed by atoms with Crippen LogP contribution in [-0.4, -0.2) is 54.2 Å². The van der Waals surface area contributed by atoms with E-state index in [1.807, 2.05) is 53.6 Å². The molecule has 1 saturated heterocycles. The highest BCUT2D eigenvalue weighted by molar-refractivity contribution is 5.78. The van der Waals surface area contributed by atoms with Crippen LogP contribution in [0.4, 0.5) is 0 Å². The molecule has 0 atom stereocenters. The normalized spacial score (nSPS) is 16.9. The lowest BCUT2D eigenvalue weighted by atomic mass is 10.3. The number of nitrogens with one attached hydrogen (secondary N) is 1. The molecule has 1 aliphatic heterocycles. The van der Waals surface area contributed by atoms with Gasteiger partial charge in [-0.2, -0.15) is 10.2 Å². The lowest BCUT2D eigenvalue weighted by molar-refractivity contribution is -0.884. The van der Waals surface area contributed by atoms with Gasteiger partial charge in [-0.1, -0.05) is 18.2 Å². The van der Waals surface area contributed by atoms with E-state index < -0.39 is 0 Å². The van der Waals surface area contributed by atoms with E-state index in [1.54, 1.807) is 4.90 Å². The van der Waals surface area contributed by atoms with Crippen molar-refractivity contribution in [3.63, 3.8) is 0 Å². The summed E-state index contributed by atoms with van der Waals surface area (Å²) in [6.45, 7) is 4.35. The standard InChI is InChI=1S/C15H19N5/c1-18-7-9-19(10-8-18)16-11-14-12-17-20(13-14)15-5-3-2-4-6-15/h2-6,11-13H,7-10H2,1H3/p+1/b16-11-. The van der Waals surface area contributed by atoms with E-state index in [9.17, 15) is 0 Å². The molecule has 2 aromatic rings. The molecule has 1 aliphatic rings. The molecule has 20 heavy (non-hydrogen) atoms. The van der Waals surface area contributed by atoms with E-state index in [-0.39, 0.29) is 0 Å². The Bertz CT molecular complexity index is 567. The van der Waals surface area contributed by atoms with Crippen molar-refractivity contribution in [2.45, 2.75) is 0 Å². The quantitative estimate of drug-likeness (QED) is 0.800. The molecular formula is C15H20N5+. The number of hydrogen-bond donors (Lipinski definition) is 1. The van der Waals surface area contributed by atoms with Crippen molar-refractivity contribution in [2.24, 2.45) is 5.10 Å². The van der Waals surface area contributed by atoms with Crippen LogP contribution in [0.3, 0.4) is 0 Å². The van der Waals surface area contributed by atoms with E-state index in [2.05, 4.69) is 22.3 Å². The van der Waals surface area contributed by atoms with Gasteiger partial charge in [-0.3, -0.25) is 5.01 Å². The topological polar surface area (TPSA) is 37.9 Å². The van der Waals surface area contributed by atoms with Crippen molar-refractivity contribution in [3.05, 3.63) is 48.3 Å². The fourth-order valence-corrected chi connectivity index (χ4v) is 2.27. The second-order valence-electron chi connectivity index (χ2n) is 5.21. The maximum Gasteiger partial charge on any atom is 0.0964 e. The average Bonchev–Trinajstić information content (AvgIpc) is 2.97. The Morgan fingerprint density at radius 3 is 2.70 bits per heavy atom. The highest BCUT2D eigenvalue weighted by atomic mass is 15.5. The molecule has 5 heteroatoms. The van der Waals surface area contributed by atoms with Crippen LogP contribution < -0.4 is 4.90 Å². The summed E-state index contributed by atoms with van der Waals surface area (Å²) in [5.41, 5.74) is 2.09. The number of quaternary nitrogens is 1. The molecular weight excluding hydrogens is 250 g/mol. The van der Waals surface area contributed by atoms with Crippen molar-refractivity contribution in [1.29, 1.82) is 0 Å². The van der Waals surface area contributed by atoms with Crippen LogP contribution in [-0.2, 0) is 0 Å². The molecule has 0 radical (unpaired) electrons. The fraction of sp³-hybridized carbons (Fsp3) is 0.333. The Labute approximate surface area is 119 Å². The summed E-state index contributed by atoms with van der Waals surface area (Å²) in [7, 11) is 2.23. The Kier molecular flexibility index (Phi) is 3.78. The summed E-state index contributed by atoms with van der Waals surface area (Å²) in [6.07, 6.45) is 5.74. The molecule has 0 spiro atoms. The monoisotopic (exact) mass is 270 g/mol. The molecule has 0 bridgehead atoms. The molecule has 3 rings (SSSR count). The van der Waals surface area contributed by atoms with Gasteiger partial charge in [-0.25, -0.2) is 4.68 Å². The van der Waals surface area contributed by atoms with Crippen molar-refractivity contribution >= 4 is 6.21 Å². The van der Waals surface area contributed by atoms with Gasteiger partial charge in [0.2, 0.25) is 0 Å². The highest BCUT2D eigenvalue weighted by Crippen LogP contribution is 2.06. The van der Waals surface area contributed by atoms with Gasteiger partial charge in [-0.05, 0) is 12.1 Å². The van der Waals surface area contributed by atoms with Crippen LogP contribution in [0.5, 0.6) is 0 Å². The molecule has 104 valence electrons. The van der Waals surface area contributed by atoms with Crippen molar-refractivity contribution in [1.82, 2.24) is 14.8 Å². The van der Waals surface area contributed by atoms with Gasteiger partial charge < -0.3 is 4.90 Å². The number of piperazine rings is 1. The highest BCUT2D eigenvalue weighted by Gasteiger charge is 2.13. The minimum atomic E-state index is 1.02. The van der Waals surface area contributed by atoms with Crippen molar-refractivity contribution in [2.75, 3.05) is 33.2 Å². The zero-order chi connectivity index (χ0) is 13.8. The number of hydrogen-bond acceptors (Lipinski definition) is 3. The number of hydrazone groups is 1. The summed E-state index contributed by atoms with van der Waals surface area (Å²) >= 11 is 0. The maximum absolute atomic E-state index is 4.54. The molecule has 1 aromatic heterocycles. The summed E-state index contributed by atoms with van der Waals surface area (Å²) in [5, 5.41) is 11.0. The van der Waals surface area contributed by atoms with Crippen molar-refractivity contribution < 1.29 is 4.90 Å². The third-order valence-corrected chi connectivity index (χ3v) is 3.59. The van der Waals surface area contributed by atoms with Crippen LogP contribution in [0.2, 0.25) is 0 Å². The van der Waals surface area contributed by atoms with Crippen LogP contribution in [0, 0.1) is 0 Å². The second kappa shape index (κ2) is 5.88. The molecule has 0 amide bonds. The predicted molar refractivity (Wildman–Crippen MR) is 79.4 cm³/mol. The maximum atomic E-state index is 4.54. The number of aromatic nitrogens is 2. The first-order valence-electron chi connectivity index (χ1n) is 7.01. The third-order valence-electron chi connectivity index (χ3n) is 3.59. The molecule has 0 saturated carbocycles. The Hall–Kier alpha value is -2.14. The molecule has 5 nitrogen and oxygen atoms in total. The fourth-order valence-electron chi connectivity index (χ4n) is 2.27. The summed E-state index contributed by atoms with van der Waals surface area (Å²) in [6, 6.07) is 10.1. The van der Waals surface area contributed by atoms with Gasteiger partial charge in [0.25, 0.3) is 0 Å². The third kappa shape index (κ3) is 3.05. The Morgan fingerprint density at radius 1 is 1.20 bits per heavy atom. The molecule has 1 fully saturated rings. The number of para-hydroxylation sites is 1. The van der Waals surface area contributed by atoms with E-state index in [0.29, 0.717) is 0 Å². The minimum Gasteiger partial charge on any atom is -0.334 e. The van der Waals surface area contributed by atoms with Gasteiger partial charge in [0.05, 0.1) is 51.3 Å². The number of rotatable bonds is 3. The molecule has 1 N–H and O–H groups in total. The van der Waals surface area contributed by atoms with Crippen molar-refractivity contribution in [3.8, 4) is 5.69 Å². The predicted octanol–water partition coefficient (Wildman–Crippen LogP) is 0.0365. The molecule has 1 aromatic carbocycles. The zero-order valence-corrected chi connectivity index (χ0v) is 11.7. The van der Waals surface area contributed by atoms with E-state index in [1.165, 1.54) is 0 Å². The first-order valence-corrected chi connectivity index (χ1v) is 7.01. The molecule has 2 heterocycles. The van der Waals surface area contributed by atoms with Crippen LogP contribution in [0.1, 0.15) is 5.56 Å². The van der Waals surface area contributed by atoms with Crippen LogP contribution >= 0.6 is 0 Å². The van der Waals surface area contributed by atoms with Gasteiger partial charge in [0.15, 0.2) is 0 Å². The summed E-state index contributed by atoms with van der Waals surface area (Å²) in [4.78, 5) is 1.58. The Balaban J connectivity index is 1.65. The summed E-state index contributed by atoms with van der Waals surface area (Å²) in [5.74, 6) is 0. The first kappa shape index (κ1) is 12.9. The van der Waals surface area contributed by atoms with E-state index in [4.69, 9.17) is 0 Å². The minimum absolute atomic E-state index is 1.02. The van der Waals surface area contributed by atoms with Gasteiger partial charge in [0, 0.05) is 11.8 Å². The van der Waals surface area contributed by atoms with E-state index >= 15 is 0 Å². The first-order chi connectivity index (χ1) is 9.81. The largest absolute Gasteiger partial charge is 0.334 e. The Morgan fingerprint density at radius 2 is 1.95 bits per heavy atom. The number of benzene rings is 1. The smallest absolute Gasteiger partial charge is 0.0964 e. The van der Waals surface area contributed by atoms with Gasteiger partial charge in [0.1, 0.15) is 0 Å². The lowest BCUT2D eigenvalue weighted by Crippen LogP contribution is -3.11. The summed E-state index contributed by atoms with van der Waals surface area (Å²) < 4.78 is 1.87.